The summed E-state index contributed by atoms with van der Waals surface area (Å²) in [7, 11) is 4.75. The molecule has 0 aromatic heterocycles. The van der Waals surface area contributed by atoms with E-state index in [1.165, 1.54) is 0 Å². The highest BCUT2D eigenvalue weighted by Gasteiger charge is 2.28. The van der Waals surface area contributed by atoms with Crippen molar-refractivity contribution in [2.45, 2.75) is 37.9 Å². The lowest BCUT2D eigenvalue weighted by Gasteiger charge is -2.29. The molecule has 0 bridgehead atoms. The Morgan fingerprint density at radius 3 is 2.05 bits per heavy atom. The number of ether oxygens (including phenoxy) is 4. The van der Waals surface area contributed by atoms with Gasteiger partial charge < -0.3 is 18.9 Å². The van der Waals surface area contributed by atoms with E-state index in [2.05, 4.69) is 0 Å². The SMILES string of the molecule is COc1cc(OC)cc(C(=O)O[C@H]2CCCC[C@@H]2OC)c1. The van der Waals surface area contributed by atoms with Gasteiger partial charge in [0.2, 0.25) is 0 Å². The van der Waals surface area contributed by atoms with Crippen LogP contribution in [0.25, 0.3) is 0 Å². The molecule has 1 aromatic carbocycles. The average Bonchev–Trinajstić information content (AvgIpc) is 2.54. The van der Waals surface area contributed by atoms with Crippen molar-refractivity contribution in [3.63, 3.8) is 0 Å². The van der Waals surface area contributed by atoms with Crippen molar-refractivity contribution >= 4 is 5.97 Å². The zero-order valence-corrected chi connectivity index (χ0v) is 12.8. The van der Waals surface area contributed by atoms with Gasteiger partial charge in [0, 0.05) is 13.2 Å². The molecule has 5 heteroatoms. The molecule has 1 aliphatic rings. The molecule has 0 heterocycles. The van der Waals surface area contributed by atoms with Gasteiger partial charge in [0.15, 0.2) is 0 Å². The van der Waals surface area contributed by atoms with Gasteiger partial charge in [-0.2, -0.15) is 0 Å². The minimum Gasteiger partial charge on any atom is -0.497 e. The van der Waals surface area contributed by atoms with Crippen LogP contribution in [0.4, 0.5) is 0 Å². The molecule has 0 radical (unpaired) electrons. The quantitative estimate of drug-likeness (QED) is 0.782. The fourth-order valence-electron chi connectivity index (χ4n) is 2.60. The van der Waals surface area contributed by atoms with E-state index in [0.717, 1.165) is 25.7 Å². The van der Waals surface area contributed by atoms with E-state index in [-0.39, 0.29) is 18.2 Å². The molecule has 2 atom stereocenters. The van der Waals surface area contributed by atoms with Gasteiger partial charge in [0.1, 0.15) is 17.6 Å². The molecule has 0 aliphatic heterocycles. The zero-order chi connectivity index (χ0) is 15.2. The highest BCUT2D eigenvalue weighted by Crippen LogP contribution is 2.27. The summed E-state index contributed by atoms with van der Waals surface area (Å²) in [5.41, 5.74) is 0.423. The molecule has 0 saturated heterocycles. The summed E-state index contributed by atoms with van der Waals surface area (Å²) < 4.78 is 21.3. The van der Waals surface area contributed by atoms with Crippen molar-refractivity contribution in [2.24, 2.45) is 0 Å². The lowest BCUT2D eigenvalue weighted by Crippen LogP contribution is -2.35. The van der Waals surface area contributed by atoms with Crippen molar-refractivity contribution in [1.29, 1.82) is 0 Å². The Labute approximate surface area is 125 Å². The van der Waals surface area contributed by atoms with E-state index in [1.54, 1.807) is 39.5 Å². The van der Waals surface area contributed by atoms with Crippen LogP contribution in [0.15, 0.2) is 18.2 Å². The topological polar surface area (TPSA) is 54.0 Å². The first kappa shape index (κ1) is 15.6. The van der Waals surface area contributed by atoms with Crippen LogP contribution in [-0.4, -0.2) is 39.5 Å². The maximum atomic E-state index is 12.3. The van der Waals surface area contributed by atoms with Crippen molar-refractivity contribution in [1.82, 2.24) is 0 Å². The third-order valence-corrected chi connectivity index (χ3v) is 3.79. The summed E-state index contributed by atoms with van der Waals surface area (Å²) in [5.74, 6) is 0.752. The molecule has 0 unspecified atom stereocenters. The number of methoxy groups -OCH3 is 3. The van der Waals surface area contributed by atoms with Crippen LogP contribution in [0.5, 0.6) is 11.5 Å². The number of hydrogen-bond donors (Lipinski definition) is 0. The molecule has 1 fully saturated rings. The first-order chi connectivity index (χ1) is 10.2. The Kier molecular flexibility index (Phi) is 5.44. The van der Waals surface area contributed by atoms with E-state index >= 15 is 0 Å². The standard InChI is InChI=1S/C16H22O5/c1-18-12-8-11(9-13(10-12)19-2)16(17)21-15-7-5-4-6-14(15)20-3/h8-10,14-15H,4-7H2,1-3H3/t14-,15-/m0/s1. The van der Waals surface area contributed by atoms with E-state index in [4.69, 9.17) is 18.9 Å². The highest BCUT2D eigenvalue weighted by atomic mass is 16.6. The van der Waals surface area contributed by atoms with Gasteiger partial charge in [-0.1, -0.05) is 6.42 Å². The zero-order valence-electron chi connectivity index (χ0n) is 12.8. The predicted octanol–water partition coefficient (Wildman–Crippen LogP) is 2.82. The summed E-state index contributed by atoms with van der Waals surface area (Å²) in [4.78, 5) is 12.3. The second-order valence-corrected chi connectivity index (χ2v) is 5.10. The van der Waals surface area contributed by atoms with Gasteiger partial charge in [0.05, 0.1) is 25.9 Å². The van der Waals surface area contributed by atoms with Crippen molar-refractivity contribution in [2.75, 3.05) is 21.3 Å². The van der Waals surface area contributed by atoms with Crippen LogP contribution >= 0.6 is 0 Å². The maximum Gasteiger partial charge on any atom is 0.338 e. The Balaban J connectivity index is 2.12. The van der Waals surface area contributed by atoms with Gasteiger partial charge in [-0.15, -0.1) is 0 Å². The van der Waals surface area contributed by atoms with E-state index in [1.807, 2.05) is 0 Å². The predicted molar refractivity (Wildman–Crippen MR) is 78.0 cm³/mol. The first-order valence-electron chi connectivity index (χ1n) is 7.14. The van der Waals surface area contributed by atoms with Crippen LogP contribution < -0.4 is 9.47 Å². The monoisotopic (exact) mass is 294 g/mol. The fraction of sp³-hybridized carbons (Fsp3) is 0.562. The third kappa shape index (κ3) is 3.88. The van der Waals surface area contributed by atoms with Gasteiger partial charge in [-0.3, -0.25) is 0 Å². The van der Waals surface area contributed by atoms with Crippen molar-refractivity contribution in [3.8, 4) is 11.5 Å². The molecule has 21 heavy (non-hydrogen) atoms. The van der Waals surface area contributed by atoms with Crippen LogP contribution in [0.1, 0.15) is 36.0 Å². The molecule has 1 aliphatic carbocycles. The van der Waals surface area contributed by atoms with Crippen LogP contribution in [0.3, 0.4) is 0 Å². The Morgan fingerprint density at radius 2 is 1.52 bits per heavy atom. The number of esters is 1. The van der Waals surface area contributed by atoms with Gasteiger partial charge in [-0.25, -0.2) is 4.79 Å². The van der Waals surface area contributed by atoms with Crippen molar-refractivity contribution in [3.05, 3.63) is 23.8 Å². The van der Waals surface area contributed by atoms with Crippen LogP contribution in [0, 0.1) is 0 Å². The van der Waals surface area contributed by atoms with Crippen LogP contribution in [-0.2, 0) is 9.47 Å². The molecule has 2 rings (SSSR count). The van der Waals surface area contributed by atoms with Gasteiger partial charge in [-0.05, 0) is 31.4 Å². The molecule has 0 N–H and O–H groups in total. The number of rotatable bonds is 5. The minimum atomic E-state index is -0.374. The Bertz CT molecular complexity index is 463. The summed E-state index contributed by atoms with van der Waals surface area (Å²) in [6, 6.07) is 5.01. The lowest BCUT2D eigenvalue weighted by molar-refractivity contribution is -0.0539. The Hall–Kier alpha value is -1.75. The second-order valence-electron chi connectivity index (χ2n) is 5.10. The van der Waals surface area contributed by atoms with E-state index in [0.29, 0.717) is 17.1 Å². The number of benzene rings is 1. The molecule has 116 valence electrons. The normalized spacial score (nSPS) is 21.7. The summed E-state index contributed by atoms with van der Waals surface area (Å²) in [5, 5.41) is 0. The van der Waals surface area contributed by atoms with Gasteiger partial charge in [0.25, 0.3) is 0 Å². The second kappa shape index (κ2) is 7.31. The summed E-state index contributed by atoms with van der Waals surface area (Å²) >= 11 is 0. The number of hydrogen-bond acceptors (Lipinski definition) is 5. The van der Waals surface area contributed by atoms with Crippen LogP contribution in [0.2, 0.25) is 0 Å². The van der Waals surface area contributed by atoms with E-state index in [9.17, 15) is 4.79 Å². The average molecular weight is 294 g/mol. The maximum absolute atomic E-state index is 12.3. The first-order valence-corrected chi connectivity index (χ1v) is 7.14. The van der Waals surface area contributed by atoms with Crippen molar-refractivity contribution < 1.29 is 23.7 Å². The smallest absolute Gasteiger partial charge is 0.338 e. The molecule has 0 spiro atoms. The molecule has 5 nitrogen and oxygen atoms in total. The summed E-state index contributed by atoms with van der Waals surface area (Å²) in [6.07, 6.45) is 3.73. The number of carbonyl (C=O) groups is 1. The lowest BCUT2D eigenvalue weighted by atomic mass is 9.94. The molecule has 0 amide bonds. The fourth-order valence-corrected chi connectivity index (χ4v) is 2.60. The molecular weight excluding hydrogens is 272 g/mol. The number of carbonyl (C=O) groups excluding carboxylic acids is 1. The van der Waals surface area contributed by atoms with Gasteiger partial charge >= 0.3 is 5.97 Å². The molecular formula is C16H22O5. The minimum absolute atomic E-state index is 0.0183. The molecule has 1 saturated carbocycles. The summed E-state index contributed by atoms with van der Waals surface area (Å²) in [6.45, 7) is 0. The van der Waals surface area contributed by atoms with E-state index < -0.39 is 0 Å². The third-order valence-electron chi connectivity index (χ3n) is 3.79. The Morgan fingerprint density at radius 1 is 0.952 bits per heavy atom. The molecule has 1 aromatic rings. The highest BCUT2D eigenvalue weighted by molar-refractivity contribution is 5.90. The largest absolute Gasteiger partial charge is 0.497 e.